The SMILES string of the molecule is c1ccc(-c2ccc(N(c3ccc(-c4ccc(-c5ccc(-c6ccc7c(c6)c6ccccc6n7-c6ccccc6)cc5)cc4)cc3)c3cccc4ccccc34)cc2)cc1. The summed E-state index contributed by atoms with van der Waals surface area (Å²) < 4.78 is 2.36. The van der Waals surface area contributed by atoms with E-state index in [9.17, 15) is 0 Å². The molecule has 1 heterocycles. The summed E-state index contributed by atoms with van der Waals surface area (Å²) in [5.74, 6) is 0. The third-order valence-corrected chi connectivity index (χ3v) is 11.8. The molecule has 0 amide bonds. The number of hydrogen-bond acceptors (Lipinski definition) is 1. The first-order chi connectivity index (χ1) is 29.7. The van der Waals surface area contributed by atoms with Crippen molar-refractivity contribution in [2.24, 2.45) is 0 Å². The third kappa shape index (κ3) is 6.41. The number of aromatic nitrogens is 1. The Morgan fingerprint density at radius 3 is 1.28 bits per heavy atom. The molecular weight excluding hydrogens is 725 g/mol. The smallest absolute Gasteiger partial charge is 0.0541 e. The standard InChI is InChI=1S/C58H40N2/c1-3-12-41(13-4-1)45-30-35-51(36-31-45)59(56-21-11-15-48-14-7-8-18-53(48)56)52-37-32-46(33-38-52)44-24-22-42(23-25-44)43-26-28-47(29-27-43)49-34-39-58-55(40-49)54-19-9-10-20-57(54)60(58)50-16-5-2-6-17-50/h1-40H. The first-order valence-electron chi connectivity index (χ1n) is 20.6. The molecule has 11 aromatic rings. The van der Waals surface area contributed by atoms with Gasteiger partial charge in [0.05, 0.1) is 16.7 Å². The van der Waals surface area contributed by atoms with Crippen molar-refractivity contribution in [3.63, 3.8) is 0 Å². The van der Waals surface area contributed by atoms with E-state index in [0.29, 0.717) is 0 Å². The van der Waals surface area contributed by atoms with Crippen LogP contribution in [0.5, 0.6) is 0 Å². The quantitative estimate of drug-likeness (QED) is 0.150. The molecule has 10 aromatic carbocycles. The zero-order valence-electron chi connectivity index (χ0n) is 33.0. The number of fused-ring (bicyclic) bond motifs is 4. The van der Waals surface area contributed by atoms with Crippen molar-refractivity contribution in [2.45, 2.75) is 0 Å². The van der Waals surface area contributed by atoms with Crippen LogP contribution in [-0.2, 0) is 0 Å². The minimum atomic E-state index is 1.11. The second kappa shape index (κ2) is 15.1. The summed E-state index contributed by atoms with van der Waals surface area (Å²) in [6, 6.07) is 87.7. The number of nitrogens with zero attached hydrogens (tertiary/aromatic N) is 2. The summed E-state index contributed by atoms with van der Waals surface area (Å²) in [6.45, 7) is 0. The van der Waals surface area contributed by atoms with E-state index in [-0.39, 0.29) is 0 Å². The van der Waals surface area contributed by atoms with Crippen molar-refractivity contribution in [2.75, 3.05) is 4.90 Å². The summed E-state index contributed by atoms with van der Waals surface area (Å²) in [6.07, 6.45) is 0. The summed E-state index contributed by atoms with van der Waals surface area (Å²) in [4.78, 5) is 2.37. The Balaban J connectivity index is 0.866. The van der Waals surface area contributed by atoms with Gasteiger partial charge in [0, 0.05) is 33.2 Å². The zero-order valence-corrected chi connectivity index (χ0v) is 33.0. The second-order valence-electron chi connectivity index (χ2n) is 15.4. The number of rotatable bonds is 8. The van der Waals surface area contributed by atoms with Gasteiger partial charge in [-0.3, -0.25) is 0 Å². The minimum Gasteiger partial charge on any atom is -0.310 e. The number of benzene rings is 10. The first-order valence-corrected chi connectivity index (χ1v) is 20.6. The van der Waals surface area contributed by atoms with Gasteiger partial charge >= 0.3 is 0 Å². The van der Waals surface area contributed by atoms with Crippen molar-refractivity contribution in [1.82, 2.24) is 4.57 Å². The predicted molar refractivity (Wildman–Crippen MR) is 255 cm³/mol. The topological polar surface area (TPSA) is 8.17 Å². The molecule has 282 valence electrons. The molecule has 1 aromatic heterocycles. The van der Waals surface area contributed by atoms with Crippen molar-refractivity contribution >= 4 is 49.6 Å². The fraction of sp³-hybridized carbons (Fsp3) is 0. The highest BCUT2D eigenvalue weighted by molar-refractivity contribution is 6.10. The van der Waals surface area contributed by atoms with Crippen molar-refractivity contribution in [1.29, 1.82) is 0 Å². The van der Waals surface area contributed by atoms with Crippen LogP contribution in [0.1, 0.15) is 0 Å². The maximum absolute atomic E-state index is 2.37. The van der Waals surface area contributed by atoms with E-state index < -0.39 is 0 Å². The Morgan fingerprint density at radius 2 is 0.683 bits per heavy atom. The lowest BCUT2D eigenvalue weighted by molar-refractivity contribution is 1.18. The summed E-state index contributed by atoms with van der Waals surface area (Å²) >= 11 is 0. The molecular formula is C58H40N2. The maximum atomic E-state index is 2.37. The molecule has 0 fully saturated rings. The van der Waals surface area contributed by atoms with Crippen LogP contribution in [0.25, 0.3) is 82.8 Å². The summed E-state index contributed by atoms with van der Waals surface area (Å²) in [7, 11) is 0. The number of anilines is 3. The lowest BCUT2D eigenvalue weighted by Crippen LogP contribution is -2.10. The molecule has 0 radical (unpaired) electrons. The van der Waals surface area contributed by atoms with Gasteiger partial charge in [0.25, 0.3) is 0 Å². The molecule has 0 atom stereocenters. The molecule has 60 heavy (non-hydrogen) atoms. The molecule has 0 bridgehead atoms. The van der Waals surface area contributed by atoms with Crippen molar-refractivity contribution in [3.05, 3.63) is 243 Å². The molecule has 0 saturated carbocycles. The molecule has 0 saturated heterocycles. The number of para-hydroxylation sites is 2. The lowest BCUT2D eigenvalue weighted by atomic mass is 9.97. The Hall–Kier alpha value is -7.94. The van der Waals surface area contributed by atoms with E-state index in [1.54, 1.807) is 0 Å². The monoisotopic (exact) mass is 764 g/mol. The highest BCUT2D eigenvalue weighted by atomic mass is 15.1. The first kappa shape index (κ1) is 35.2. The normalized spacial score (nSPS) is 11.3. The van der Waals surface area contributed by atoms with E-state index in [2.05, 4.69) is 252 Å². The molecule has 0 N–H and O–H groups in total. The van der Waals surface area contributed by atoms with Gasteiger partial charge in [-0.15, -0.1) is 0 Å². The van der Waals surface area contributed by atoms with Gasteiger partial charge in [0.2, 0.25) is 0 Å². The largest absolute Gasteiger partial charge is 0.310 e. The lowest BCUT2D eigenvalue weighted by Gasteiger charge is -2.27. The van der Waals surface area contributed by atoms with E-state index in [1.807, 2.05) is 0 Å². The van der Waals surface area contributed by atoms with Gasteiger partial charge in [-0.25, -0.2) is 0 Å². The summed E-state index contributed by atoms with van der Waals surface area (Å²) in [5, 5.41) is 4.96. The molecule has 0 aliphatic heterocycles. The van der Waals surface area contributed by atoms with E-state index >= 15 is 0 Å². The van der Waals surface area contributed by atoms with E-state index in [1.165, 1.54) is 82.8 Å². The van der Waals surface area contributed by atoms with E-state index in [4.69, 9.17) is 0 Å². The highest BCUT2D eigenvalue weighted by Crippen LogP contribution is 2.41. The van der Waals surface area contributed by atoms with Gasteiger partial charge < -0.3 is 9.47 Å². The Labute approximate surface area is 350 Å². The van der Waals surface area contributed by atoms with Crippen LogP contribution >= 0.6 is 0 Å². The Kier molecular flexibility index (Phi) is 8.87. The van der Waals surface area contributed by atoms with Gasteiger partial charge in [-0.1, -0.05) is 182 Å². The van der Waals surface area contributed by atoms with Crippen LogP contribution in [0.3, 0.4) is 0 Å². The Bertz CT molecular complexity index is 3250. The average Bonchev–Trinajstić information content (AvgIpc) is 3.66. The van der Waals surface area contributed by atoms with Gasteiger partial charge in [0.1, 0.15) is 0 Å². The van der Waals surface area contributed by atoms with Gasteiger partial charge in [-0.2, -0.15) is 0 Å². The third-order valence-electron chi connectivity index (χ3n) is 11.8. The molecule has 0 aliphatic carbocycles. The average molecular weight is 765 g/mol. The number of hydrogen-bond donors (Lipinski definition) is 0. The van der Waals surface area contributed by atoms with Crippen LogP contribution in [0.4, 0.5) is 17.1 Å². The molecule has 0 spiro atoms. The molecule has 2 heteroatoms. The predicted octanol–water partition coefficient (Wildman–Crippen LogP) is 16.1. The molecule has 0 aliphatic rings. The van der Waals surface area contributed by atoms with Gasteiger partial charge in [-0.05, 0) is 111 Å². The minimum absolute atomic E-state index is 1.11. The highest BCUT2D eigenvalue weighted by Gasteiger charge is 2.17. The van der Waals surface area contributed by atoms with Gasteiger partial charge in [0.15, 0.2) is 0 Å². The van der Waals surface area contributed by atoms with Crippen molar-refractivity contribution in [3.8, 4) is 50.2 Å². The van der Waals surface area contributed by atoms with Crippen LogP contribution in [-0.4, -0.2) is 4.57 Å². The Morgan fingerprint density at radius 1 is 0.267 bits per heavy atom. The molecule has 11 rings (SSSR count). The molecule has 2 nitrogen and oxygen atoms in total. The molecule has 0 unspecified atom stereocenters. The van der Waals surface area contributed by atoms with Crippen LogP contribution in [0.15, 0.2) is 243 Å². The fourth-order valence-corrected chi connectivity index (χ4v) is 8.79. The van der Waals surface area contributed by atoms with E-state index in [0.717, 1.165) is 17.1 Å². The zero-order chi connectivity index (χ0) is 39.8. The maximum Gasteiger partial charge on any atom is 0.0541 e. The fourth-order valence-electron chi connectivity index (χ4n) is 8.79. The summed E-state index contributed by atoms with van der Waals surface area (Å²) in [5.41, 5.74) is 16.6. The van der Waals surface area contributed by atoms with Crippen LogP contribution in [0.2, 0.25) is 0 Å². The second-order valence-corrected chi connectivity index (χ2v) is 15.4. The van der Waals surface area contributed by atoms with Crippen LogP contribution < -0.4 is 4.90 Å². The van der Waals surface area contributed by atoms with Crippen molar-refractivity contribution < 1.29 is 0 Å². The van der Waals surface area contributed by atoms with Crippen LogP contribution in [0, 0.1) is 0 Å².